The summed E-state index contributed by atoms with van der Waals surface area (Å²) in [7, 11) is 0. The van der Waals surface area contributed by atoms with Gasteiger partial charge in [-0.05, 0) is 18.2 Å². The molecule has 0 bridgehead atoms. The van der Waals surface area contributed by atoms with Crippen LogP contribution in [0.4, 0.5) is 5.82 Å². The Kier molecular flexibility index (Phi) is 3.20. The number of nitrogens with one attached hydrogen (secondary N) is 2. The average Bonchev–Trinajstić information content (AvgIpc) is 2.48. The first-order valence-corrected chi connectivity index (χ1v) is 6.01. The largest absolute Gasteiger partial charge is 0.346 e. The molecule has 0 aliphatic heterocycles. The fraction of sp³-hybridized carbons (Fsp3) is 0. The number of pyridine rings is 1. The van der Waals surface area contributed by atoms with Crippen molar-refractivity contribution < 1.29 is 0 Å². The van der Waals surface area contributed by atoms with Gasteiger partial charge in [0.15, 0.2) is 0 Å². The third-order valence-electron chi connectivity index (χ3n) is 2.75. The van der Waals surface area contributed by atoms with Gasteiger partial charge in [-0.1, -0.05) is 18.2 Å². The van der Waals surface area contributed by atoms with E-state index in [1.807, 2.05) is 30.3 Å². The van der Waals surface area contributed by atoms with Crippen LogP contribution in [-0.2, 0) is 0 Å². The second-order valence-electron chi connectivity index (χ2n) is 4.08. The lowest BCUT2D eigenvalue weighted by Crippen LogP contribution is -2.10. The summed E-state index contributed by atoms with van der Waals surface area (Å²) in [5.41, 5.74) is 4.19. The lowest BCUT2D eigenvalue weighted by molar-refractivity contribution is 1.06. The summed E-state index contributed by atoms with van der Waals surface area (Å²) in [6.07, 6.45) is 4.83. The number of rotatable bonds is 3. The summed E-state index contributed by atoms with van der Waals surface area (Å²) in [6.45, 7) is 0. The molecule has 3 aromatic rings. The Bertz CT molecular complexity index is 819. The number of hydrogen-bond acceptors (Lipinski definition) is 5. The highest BCUT2D eigenvalue weighted by atomic mass is 16.1. The second kappa shape index (κ2) is 5.31. The van der Waals surface area contributed by atoms with Crippen LogP contribution in [0.1, 0.15) is 5.56 Å². The Hall–Kier alpha value is -3.02. The number of fused-ring (bicyclic) bond motifs is 1. The van der Waals surface area contributed by atoms with Crippen LogP contribution in [0.3, 0.4) is 0 Å². The van der Waals surface area contributed by atoms with Gasteiger partial charge in [0.05, 0.1) is 11.7 Å². The summed E-state index contributed by atoms with van der Waals surface area (Å²) < 4.78 is 0. The number of benzene rings is 1. The smallest absolute Gasteiger partial charge is 0.291 e. The zero-order valence-electron chi connectivity index (χ0n) is 10.4. The van der Waals surface area contributed by atoms with E-state index in [-0.39, 0.29) is 0 Å². The van der Waals surface area contributed by atoms with Gasteiger partial charge >= 0.3 is 5.69 Å². The van der Waals surface area contributed by atoms with Crippen molar-refractivity contribution in [1.82, 2.24) is 15.0 Å². The van der Waals surface area contributed by atoms with Crippen molar-refractivity contribution in [3.05, 3.63) is 64.8 Å². The number of anilines is 1. The summed E-state index contributed by atoms with van der Waals surface area (Å²) in [4.78, 5) is 21.4. The third-order valence-corrected chi connectivity index (χ3v) is 2.75. The molecule has 0 saturated heterocycles. The maximum atomic E-state index is 11.0. The molecule has 98 valence electrons. The number of para-hydroxylation sites is 1. The van der Waals surface area contributed by atoms with Gasteiger partial charge in [-0.25, -0.2) is 9.78 Å². The number of aromatic amines is 1. The summed E-state index contributed by atoms with van der Waals surface area (Å²) in [5, 5.41) is 5.12. The van der Waals surface area contributed by atoms with Crippen LogP contribution in [0.15, 0.2) is 58.7 Å². The Morgan fingerprint density at radius 3 is 2.85 bits per heavy atom. The van der Waals surface area contributed by atoms with Crippen molar-refractivity contribution in [2.24, 2.45) is 5.10 Å². The van der Waals surface area contributed by atoms with Gasteiger partial charge in [0.2, 0.25) is 0 Å². The summed E-state index contributed by atoms with van der Waals surface area (Å²) >= 11 is 0. The Balaban J connectivity index is 1.86. The van der Waals surface area contributed by atoms with E-state index >= 15 is 0 Å². The minimum absolute atomic E-state index is 0.417. The molecule has 6 heteroatoms. The number of H-pyrrole nitrogens is 1. The van der Waals surface area contributed by atoms with Gasteiger partial charge < -0.3 is 0 Å². The van der Waals surface area contributed by atoms with E-state index in [0.717, 1.165) is 16.5 Å². The molecule has 2 N–H and O–H groups in total. The molecule has 0 aliphatic carbocycles. The van der Waals surface area contributed by atoms with Gasteiger partial charge in [-0.15, -0.1) is 0 Å². The summed E-state index contributed by atoms with van der Waals surface area (Å²) in [6, 6.07) is 11.3. The fourth-order valence-corrected chi connectivity index (χ4v) is 1.84. The van der Waals surface area contributed by atoms with Crippen molar-refractivity contribution in [3.8, 4) is 0 Å². The lowest BCUT2D eigenvalue weighted by atomic mass is 10.1. The van der Waals surface area contributed by atoms with Crippen LogP contribution in [-0.4, -0.2) is 21.2 Å². The molecule has 2 heterocycles. The Labute approximate surface area is 114 Å². The Morgan fingerprint density at radius 2 is 1.95 bits per heavy atom. The van der Waals surface area contributed by atoms with Gasteiger partial charge in [0.25, 0.3) is 0 Å². The van der Waals surface area contributed by atoms with Crippen molar-refractivity contribution in [1.29, 1.82) is 0 Å². The lowest BCUT2D eigenvalue weighted by Gasteiger charge is -2.01. The van der Waals surface area contributed by atoms with E-state index in [9.17, 15) is 4.79 Å². The Morgan fingerprint density at radius 1 is 1.10 bits per heavy atom. The first-order chi connectivity index (χ1) is 9.83. The minimum atomic E-state index is -0.417. The third kappa shape index (κ3) is 2.54. The van der Waals surface area contributed by atoms with Crippen LogP contribution in [0.25, 0.3) is 10.9 Å². The molecule has 0 unspecified atom stereocenters. The van der Waals surface area contributed by atoms with Gasteiger partial charge in [0.1, 0.15) is 5.82 Å². The summed E-state index contributed by atoms with van der Waals surface area (Å²) in [5.74, 6) is 0.486. The SMILES string of the molecule is O=c1nccc(NN=Cc2ccnc3ccccc23)[nH]1. The molecule has 0 aliphatic rings. The first-order valence-electron chi connectivity index (χ1n) is 6.01. The van der Waals surface area contributed by atoms with Crippen LogP contribution >= 0.6 is 0 Å². The molecular formula is C14H11N5O. The molecule has 0 atom stereocenters. The highest BCUT2D eigenvalue weighted by Gasteiger charge is 1.98. The molecule has 0 saturated carbocycles. The minimum Gasteiger partial charge on any atom is -0.291 e. The highest BCUT2D eigenvalue weighted by molar-refractivity contribution is 5.98. The molecule has 3 rings (SSSR count). The van der Waals surface area contributed by atoms with E-state index in [0.29, 0.717) is 5.82 Å². The van der Waals surface area contributed by atoms with E-state index in [1.165, 1.54) is 6.20 Å². The predicted octanol–water partition coefficient (Wildman–Crippen LogP) is 1.76. The quantitative estimate of drug-likeness (QED) is 0.558. The number of hydrogen-bond donors (Lipinski definition) is 2. The zero-order chi connectivity index (χ0) is 13.8. The van der Waals surface area contributed by atoms with Gasteiger partial charge in [0, 0.05) is 23.3 Å². The molecule has 2 aromatic heterocycles. The predicted molar refractivity (Wildman–Crippen MR) is 77.8 cm³/mol. The van der Waals surface area contributed by atoms with Gasteiger partial charge in [-0.2, -0.15) is 5.10 Å². The number of aromatic nitrogens is 3. The molecule has 0 fully saturated rings. The van der Waals surface area contributed by atoms with E-state index in [2.05, 4.69) is 25.5 Å². The fourth-order valence-electron chi connectivity index (χ4n) is 1.84. The molecule has 20 heavy (non-hydrogen) atoms. The van der Waals surface area contributed by atoms with Crippen molar-refractivity contribution in [2.45, 2.75) is 0 Å². The van der Waals surface area contributed by atoms with E-state index in [4.69, 9.17) is 0 Å². The highest BCUT2D eigenvalue weighted by Crippen LogP contribution is 2.14. The maximum Gasteiger partial charge on any atom is 0.346 e. The van der Waals surface area contributed by atoms with Crippen LogP contribution in [0.5, 0.6) is 0 Å². The topological polar surface area (TPSA) is 83.0 Å². The second-order valence-corrected chi connectivity index (χ2v) is 4.08. The number of hydrazone groups is 1. The molecular weight excluding hydrogens is 254 g/mol. The number of nitrogens with zero attached hydrogens (tertiary/aromatic N) is 3. The van der Waals surface area contributed by atoms with Gasteiger partial charge in [-0.3, -0.25) is 15.4 Å². The standard InChI is InChI=1S/C14H11N5O/c20-14-16-8-6-13(18-14)19-17-9-10-5-7-15-12-4-2-1-3-11(10)12/h1-9H,(H2,16,18,19,20). The van der Waals surface area contributed by atoms with Crippen LogP contribution < -0.4 is 11.1 Å². The molecule has 6 nitrogen and oxygen atoms in total. The first kappa shape index (κ1) is 12.0. The molecule has 1 aromatic carbocycles. The zero-order valence-corrected chi connectivity index (χ0v) is 10.4. The van der Waals surface area contributed by atoms with Crippen molar-refractivity contribution in [3.63, 3.8) is 0 Å². The van der Waals surface area contributed by atoms with Crippen molar-refractivity contribution >= 4 is 22.9 Å². The normalized spacial score (nSPS) is 11.0. The van der Waals surface area contributed by atoms with E-state index in [1.54, 1.807) is 18.5 Å². The molecule has 0 spiro atoms. The average molecular weight is 265 g/mol. The van der Waals surface area contributed by atoms with Crippen LogP contribution in [0.2, 0.25) is 0 Å². The van der Waals surface area contributed by atoms with Crippen LogP contribution in [0, 0.1) is 0 Å². The molecule has 0 radical (unpaired) electrons. The monoisotopic (exact) mass is 265 g/mol. The van der Waals surface area contributed by atoms with E-state index < -0.39 is 5.69 Å². The molecule has 0 amide bonds. The maximum absolute atomic E-state index is 11.0. The van der Waals surface area contributed by atoms with Crippen molar-refractivity contribution in [2.75, 3.05) is 5.43 Å².